The van der Waals surface area contributed by atoms with Crippen molar-refractivity contribution in [3.8, 4) is 0 Å². The predicted molar refractivity (Wildman–Crippen MR) is 68.6 cm³/mol. The number of hydrogen-bond donors (Lipinski definition) is 2. The van der Waals surface area contributed by atoms with Gasteiger partial charge in [-0.15, -0.1) is 0 Å². The molecular weight excluding hydrogens is 180 g/mol. The molecule has 0 radical (unpaired) electrons. The summed E-state index contributed by atoms with van der Waals surface area (Å²) in [6.07, 6.45) is 1.50. The first-order valence-electron chi connectivity index (χ1n) is 1.91. The maximum absolute atomic E-state index is 8.35. The molecule has 0 bridgehead atoms. The molecule has 0 aliphatic heterocycles. The second-order valence-electron chi connectivity index (χ2n) is 0.204. The van der Waals surface area contributed by atoms with Crippen LogP contribution >= 0.6 is 0 Å². The summed E-state index contributed by atoms with van der Waals surface area (Å²) < 4.78 is 0. The molecule has 0 saturated heterocycles. The Morgan fingerprint density at radius 3 is 0.643 bits per heavy atom. The van der Waals surface area contributed by atoms with Crippen molar-refractivity contribution in [2.75, 3.05) is 0 Å². The van der Waals surface area contributed by atoms with Crippen molar-refractivity contribution in [1.82, 2.24) is 0 Å². The summed E-state index contributed by atoms with van der Waals surface area (Å²) in [7, 11) is 0. The van der Waals surface area contributed by atoms with Gasteiger partial charge in [-0.05, 0) is 0 Å². The summed E-state index contributed by atoms with van der Waals surface area (Å²) in [4.78, 5) is 16.7. The van der Waals surface area contributed by atoms with E-state index >= 15 is 0 Å². The molecule has 4 nitrogen and oxygen atoms in total. The molecule has 0 spiro atoms. The monoisotopic (exact) mass is 212 g/mol. The molecular formula is C10H32N2O2. The van der Waals surface area contributed by atoms with E-state index in [1.54, 1.807) is 0 Å². The summed E-state index contributed by atoms with van der Waals surface area (Å²) in [5.74, 6) is 0. The van der Waals surface area contributed by atoms with Crippen LogP contribution in [0.1, 0.15) is 58.4 Å². The van der Waals surface area contributed by atoms with Gasteiger partial charge in [0, 0.05) is 0 Å². The minimum atomic E-state index is 0. The predicted octanol–water partition coefficient (Wildman–Crippen LogP) is 4.64. The first kappa shape index (κ1) is 125. The Hall–Kier alpha value is -1.24. The van der Waals surface area contributed by atoms with Crippen LogP contribution in [0.4, 0.5) is 0 Å². The second kappa shape index (κ2) is 2360. The minimum absolute atomic E-state index is 0. The highest BCUT2D eigenvalue weighted by molar-refractivity contribution is 5.26. The molecule has 0 rings (SSSR count). The van der Waals surface area contributed by atoms with Crippen LogP contribution in [0.2, 0.25) is 0 Å². The first-order valence-corrected chi connectivity index (χ1v) is 1.91. The Kier molecular flexibility index (Phi) is 21000. The molecule has 0 aromatic rings. The van der Waals surface area contributed by atoms with Gasteiger partial charge in [-0.2, -0.15) is 0 Å². The lowest BCUT2D eigenvalue weighted by molar-refractivity contribution is 0.562. The van der Waals surface area contributed by atoms with Crippen LogP contribution in [0.3, 0.4) is 0 Å². The third-order valence-corrected chi connectivity index (χ3v) is 0. The van der Waals surface area contributed by atoms with Crippen LogP contribution in [-0.4, -0.2) is 12.2 Å². The normalized spacial score (nSPS) is 1.57. The molecule has 2 N–H and O–H groups in total. The molecule has 0 saturated carbocycles. The fraction of sp³-hybridized carbons (Fsp3) is 0.800. The molecule has 0 unspecified atom stereocenters. The van der Waals surface area contributed by atoms with Crippen LogP contribution in [0, 0.1) is 10.8 Å². The van der Waals surface area contributed by atoms with E-state index in [0.717, 1.165) is 12.2 Å². The van der Waals surface area contributed by atoms with Crippen LogP contribution in [0.5, 0.6) is 0 Å². The van der Waals surface area contributed by atoms with Gasteiger partial charge in [-0.25, -0.2) is 20.4 Å². The SMILES string of the molecule is C.C.C.C.C.C.CC.N=C=O.N=C=O. The molecule has 0 aromatic heterocycles. The zero-order chi connectivity index (χ0) is 7.41. The van der Waals surface area contributed by atoms with Gasteiger partial charge in [0.1, 0.15) is 0 Å². The zero-order valence-electron chi connectivity index (χ0n) is 4.82. The molecule has 4 heteroatoms. The van der Waals surface area contributed by atoms with Crippen molar-refractivity contribution < 1.29 is 9.59 Å². The Balaban J connectivity index is -0.00000000319. The summed E-state index contributed by atoms with van der Waals surface area (Å²) in [6.45, 7) is 4.00. The molecule has 0 aliphatic carbocycles. The van der Waals surface area contributed by atoms with Crippen LogP contribution in [-0.2, 0) is 9.59 Å². The van der Waals surface area contributed by atoms with Crippen LogP contribution in [0.25, 0.3) is 0 Å². The quantitative estimate of drug-likeness (QED) is 0.453. The maximum atomic E-state index is 8.35. The van der Waals surface area contributed by atoms with Gasteiger partial charge in [0.2, 0.25) is 12.2 Å². The van der Waals surface area contributed by atoms with Crippen molar-refractivity contribution in [1.29, 1.82) is 10.8 Å². The number of isocyanates is 2. The van der Waals surface area contributed by atoms with E-state index in [-0.39, 0.29) is 44.6 Å². The van der Waals surface area contributed by atoms with Gasteiger partial charge in [0.15, 0.2) is 0 Å². The second-order valence-corrected chi connectivity index (χ2v) is 0.204. The van der Waals surface area contributed by atoms with Crippen LogP contribution in [0.15, 0.2) is 0 Å². The topological polar surface area (TPSA) is 81.8 Å². The highest BCUT2D eigenvalue weighted by Gasteiger charge is 1.04. The van der Waals surface area contributed by atoms with Gasteiger partial charge in [-0.1, -0.05) is 58.4 Å². The largest absolute Gasteiger partial charge is 0.231 e. The molecule has 0 fully saturated rings. The summed E-state index contributed by atoms with van der Waals surface area (Å²) in [6, 6.07) is 0. The fourth-order valence-electron chi connectivity index (χ4n) is 0. The van der Waals surface area contributed by atoms with E-state index in [1.165, 1.54) is 0 Å². The maximum Gasteiger partial charge on any atom is 0.231 e. The van der Waals surface area contributed by atoms with Crippen molar-refractivity contribution in [3.05, 3.63) is 0 Å². The standard InChI is InChI=1S/C2H6.2CHNO.6CH4/c1-2;2*2-1-3;;;;;;/h1-2H3;2*2H;6*1H4. The Morgan fingerprint density at radius 2 is 0.643 bits per heavy atom. The molecule has 94 valence electrons. The molecule has 14 heavy (non-hydrogen) atoms. The fourth-order valence-corrected chi connectivity index (χ4v) is 0. The van der Waals surface area contributed by atoms with Crippen molar-refractivity contribution in [2.45, 2.75) is 58.4 Å². The van der Waals surface area contributed by atoms with Gasteiger partial charge in [0.25, 0.3) is 0 Å². The first-order chi connectivity index (χ1) is 3.83. The van der Waals surface area contributed by atoms with Crippen molar-refractivity contribution >= 4 is 12.2 Å². The van der Waals surface area contributed by atoms with E-state index in [0.29, 0.717) is 0 Å². The summed E-state index contributed by atoms with van der Waals surface area (Å²) >= 11 is 0. The highest BCUT2D eigenvalue weighted by Crippen LogP contribution is 1.14. The smallest absolute Gasteiger partial charge is 0.222 e. The molecule has 0 aromatic carbocycles. The van der Waals surface area contributed by atoms with Gasteiger partial charge in [-0.3, -0.25) is 0 Å². The third kappa shape index (κ3) is 667. The molecule has 0 aliphatic rings. The Bertz CT molecular complexity index is 70.1. The summed E-state index contributed by atoms with van der Waals surface area (Å²) in [5.41, 5.74) is 0. The number of carbonyl (C=O) groups excluding carboxylic acids is 2. The van der Waals surface area contributed by atoms with E-state index in [9.17, 15) is 0 Å². The lowest BCUT2D eigenvalue weighted by Gasteiger charge is -1.07. The van der Waals surface area contributed by atoms with Crippen LogP contribution < -0.4 is 0 Å². The highest BCUT2D eigenvalue weighted by atomic mass is 16.1. The third-order valence-electron chi connectivity index (χ3n) is 0. The lowest BCUT2D eigenvalue weighted by Crippen LogP contribution is -1.16. The number of hydrogen-bond acceptors (Lipinski definition) is 4. The Morgan fingerprint density at radius 1 is 0.643 bits per heavy atom. The number of rotatable bonds is 0. The van der Waals surface area contributed by atoms with E-state index in [2.05, 4.69) is 0 Å². The van der Waals surface area contributed by atoms with Crippen molar-refractivity contribution in [2.24, 2.45) is 0 Å². The van der Waals surface area contributed by atoms with Gasteiger partial charge >= 0.3 is 0 Å². The average molecular weight is 212 g/mol. The van der Waals surface area contributed by atoms with E-state index in [1.807, 2.05) is 13.8 Å². The lowest BCUT2D eigenvalue weighted by atomic mass is 11.0. The van der Waals surface area contributed by atoms with Crippen molar-refractivity contribution in [3.63, 3.8) is 0 Å². The Labute approximate surface area is 91.8 Å². The van der Waals surface area contributed by atoms with E-state index < -0.39 is 0 Å². The number of nitrogens with one attached hydrogen (secondary N) is 2. The molecule has 0 heterocycles. The zero-order valence-corrected chi connectivity index (χ0v) is 4.82. The summed E-state index contributed by atoms with van der Waals surface area (Å²) in [5, 5.41) is 10.8. The molecule has 0 atom stereocenters. The van der Waals surface area contributed by atoms with E-state index in [4.69, 9.17) is 20.4 Å². The van der Waals surface area contributed by atoms with Gasteiger partial charge < -0.3 is 0 Å². The minimum Gasteiger partial charge on any atom is -0.222 e. The van der Waals surface area contributed by atoms with Gasteiger partial charge in [0.05, 0.1) is 0 Å². The average Bonchev–Trinajstić information content (AvgIpc) is 1.75. The molecule has 0 amide bonds.